The lowest BCUT2D eigenvalue weighted by Gasteiger charge is -2.09. The van der Waals surface area contributed by atoms with E-state index in [0.29, 0.717) is 10.6 Å². The summed E-state index contributed by atoms with van der Waals surface area (Å²) in [5.41, 5.74) is 10.6. The molecular weight excluding hydrogens is 342 g/mol. The summed E-state index contributed by atoms with van der Waals surface area (Å²) < 4.78 is 5.25. The highest BCUT2D eigenvalue weighted by Crippen LogP contribution is 2.41. The van der Waals surface area contributed by atoms with Crippen molar-refractivity contribution < 1.29 is 4.74 Å². The van der Waals surface area contributed by atoms with Gasteiger partial charge >= 0.3 is 0 Å². The maximum absolute atomic E-state index is 9.37. The van der Waals surface area contributed by atoms with Crippen molar-refractivity contribution in [2.45, 2.75) is 0 Å². The van der Waals surface area contributed by atoms with Gasteiger partial charge in [-0.3, -0.25) is 0 Å². The van der Waals surface area contributed by atoms with Gasteiger partial charge in [0, 0.05) is 10.9 Å². The second kappa shape index (κ2) is 6.51. The minimum Gasteiger partial charge on any atom is -0.497 e. The Balaban J connectivity index is 2.01. The van der Waals surface area contributed by atoms with Crippen molar-refractivity contribution in [3.8, 4) is 34.2 Å². The molecule has 2 heterocycles. The van der Waals surface area contributed by atoms with Crippen LogP contribution in [0.1, 0.15) is 4.88 Å². The molecule has 4 aromatic rings. The van der Waals surface area contributed by atoms with E-state index in [0.717, 1.165) is 38.4 Å². The maximum Gasteiger partial charge on any atom is 0.130 e. The number of benzene rings is 2. The predicted molar refractivity (Wildman–Crippen MR) is 106 cm³/mol. The molecular formula is C21H15N3OS. The van der Waals surface area contributed by atoms with Crippen molar-refractivity contribution in [2.75, 3.05) is 12.8 Å². The number of hydrogen-bond acceptors (Lipinski definition) is 5. The van der Waals surface area contributed by atoms with E-state index in [2.05, 4.69) is 6.07 Å². The lowest BCUT2D eigenvalue weighted by Crippen LogP contribution is -1.91. The smallest absolute Gasteiger partial charge is 0.130 e. The number of anilines is 1. The van der Waals surface area contributed by atoms with E-state index in [1.165, 1.54) is 11.3 Å². The number of nitrogen functional groups attached to an aromatic ring is 1. The van der Waals surface area contributed by atoms with Gasteiger partial charge in [-0.05, 0) is 29.3 Å². The third kappa shape index (κ3) is 2.67. The third-order valence-electron chi connectivity index (χ3n) is 4.27. The number of nitrogens with two attached hydrogens (primary N) is 1. The zero-order chi connectivity index (χ0) is 18.1. The van der Waals surface area contributed by atoms with E-state index >= 15 is 0 Å². The van der Waals surface area contributed by atoms with E-state index in [-0.39, 0.29) is 0 Å². The summed E-state index contributed by atoms with van der Waals surface area (Å²) in [5, 5.41) is 10.2. The Bertz CT molecular complexity index is 1130. The standard InChI is InChI=1S/C21H15N3OS/c1-25-15-9-7-13(8-10-15)16-11-17(14-5-3-2-4-6-14)24-21-19(16)20(23)18(12-22)26-21/h2-11H,23H2,1H3. The quantitative estimate of drug-likeness (QED) is 0.554. The fraction of sp³-hybridized carbons (Fsp3) is 0.0476. The number of nitriles is 1. The summed E-state index contributed by atoms with van der Waals surface area (Å²) in [5.74, 6) is 0.790. The normalized spacial score (nSPS) is 10.6. The summed E-state index contributed by atoms with van der Waals surface area (Å²) in [7, 11) is 1.64. The zero-order valence-electron chi connectivity index (χ0n) is 14.1. The minimum atomic E-state index is 0.491. The molecule has 2 aromatic heterocycles. The van der Waals surface area contributed by atoms with Gasteiger partial charge in [-0.2, -0.15) is 5.26 Å². The number of rotatable bonds is 3. The molecule has 2 N–H and O–H groups in total. The van der Waals surface area contributed by atoms with Gasteiger partial charge in [-0.1, -0.05) is 42.5 Å². The molecule has 0 aliphatic heterocycles. The molecule has 5 heteroatoms. The zero-order valence-corrected chi connectivity index (χ0v) is 14.9. The van der Waals surface area contributed by atoms with Crippen molar-refractivity contribution in [3.63, 3.8) is 0 Å². The van der Waals surface area contributed by atoms with Gasteiger partial charge in [-0.25, -0.2) is 4.98 Å². The Labute approximate surface area is 155 Å². The van der Waals surface area contributed by atoms with Gasteiger partial charge in [0.15, 0.2) is 0 Å². The number of aromatic nitrogens is 1. The van der Waals surface area contributed by atoms with Gasteiger partial charge in [-0.15, -0.1) is 11.3 Å². The lowest BCUT2D eigenvalue weighted by molar-refractivity contribution is 0.415. The van der Waals surface area contributed by atoms with Crippen LogP contribution in [0.15, 0.2) is 60.7 Å². The number of methoxy groups -OCH3 is 1. The summed E-state index contributed by atoms with van der Waals surface area (Å²) in [6.07, 6.45) is 0. The Kier molecular flexibility index (Phi) is 4.04. The number of nitrogens with zero attached hydrogens (tertiary/aromatic N) is 2. The van der Waals surface area contributed by atoms with Crippen molar-refractivity contribution in [1.29, 1.82) is 5.26 Å². The first-order chi connectivity index (χ1) is 12.7. The van der Waals surface area contributed by atoms with Gasteiger partial charge < -0.3 is 10.5 Å². The molecule has 0 aliphatic rings. The predicted octanol–water partition coefficient (Wildman–Crippen LogP) is 5.09. The summed E-state index contributed by atoms with van der Waals surface area (Å²) in [4.78, 5) is 6.02. The van der Waals surface area contributed by atoms with Gasteiger partial charge in [0.05, 0.1) is 18.5 Å². The second-order valence-electron chi connectivity index (χ2n) is 5.79. The summed E-state index contributed by atoms with van der Waals surface area (Å²) >= 11 is 1.33. The Hall–Kier alpha value is -3.36. The molecule has 26 heavy (non-hydrogen) atoms. The number of pyridine rings is 1. The fourth-order valence-electron chi connectivity index (χ4n) is 2.96. The van der Waals surface area contributed by atoms with Crippen LogP contribution in [0.4, 0.5) is 5.69 Å². The first-order valence-corrected chi connectivity index (χ1v) is 8.86. The maximum atomic E-state index is 9.37. The van der Waals surface area contributed by atoms with Gasteiger partial charge in [0.1, 0.15) is 21.5 Å². The van der Waals surface area contributed by atoms with E-state index in [9.17, 15) is 5.26 Å². The average molecular weight is 357 g/mol. The SMILES string of the molecule is COc1ccc(-c2cc(-c3ccccc3)nc3sc(C#N)c(N)c23)cc1. The van der Waals surface area contributed by atoms with Crippen LogP contribution in [0.5, 0.6) is 5.75 Å². The number of hydrogen-bond donors (Lipinski definition) is 1. The number of fused-ring (bicyclic) bond motifs is 1. The highest BCUT2D eigenvalue weighted by Gasteiger charge is 2.17. The minimum absolute atomic E-state index is 0.491. The van der Waals surface area contributed by atoms with E-state index in [1.54, 1.807) is 7.11 Å². The molecule has 0 saturated heterocycles. The molecule has 2 aromatic carbocycles. The number of ether oxygens (including phenoxy) is 1. The first-order valence-electron chi connectivity index (χ1n) is 8.04. The molecule has 0 aliphatic carbocycles. The van der Waals surface area contributed by atoms with Gasteiger partial charge in [0.2, 0.25) is 0 Å². The van der Waals surface area contributed by atoms with Crippen LogP contribution >= 0.6 is 11.3 Å². The highest BCUT2D eigenvalue weighted by atomic mass is 32.1. The van der Waals surface area contributed by atoms with E-state index < -0.39 is 0 Å². The lowest BCUT2D eigenvalue weighted by atomic mass is 9.99. The monoisotopic (exact) mass is 357 g/mol. The molecule has 4 nitrogen and oxygen atoms in total. The van der Waals surface area contributed by atoms with E-state index in [1.807, 2.05) is 60.7 Å². The molecule has 0 radical (unpaired) electrons. The number of thiophene rings is 1. The molecule has 0 atom stereocenters. The van der Waals surface area contributed by atoms with Crippen molar-refractivity contribution in [1.82, 2.24) is 4.98 Å². The Morgan fingerprint density at radius 1 is 1.04 bits per heavy atom. The van der Waals surface area contributed by atoms with Crippen LogP contribution in [0.3, 0.4) is 0 Å². The first kappa shape index (κ1) is 16.1. The van der Waals surface area contributed by atoms with Crippen LogP contribution in [0.2, 0.25) is 0 Å². The highest BCUT2D eigenvalue weighted by molar-refractivity contribution is 7.20. The van der Waals surface area contributed by atoms with Crippen molar-refractivity contribution in [2.24, 2.45) is 0 Å². The van der Waals surface area contributed by atoms with Gasteiger partial charge in [0.25, 0.3) is 0 Å². The molecule has 126 valence electrons. The molecule has 0 spiro atoms. The van der Waals surface area contributed by atoms with Crippen LogP contribution in [0, 0.1) is 11.3 Å². The largest absolute Gasteiger partial charge is 0.497 e. The molecule has 0 amide bonds. The van der Waals surface area contributed by atoms with Crippen LogP contribution in [0.25, 0.3) is 32.6 Å². The molecule has 0 fully saturated rings. The Morgan fingerprint density at radius 3 is 2.42 bits per heavy atom. The van der Waals surface area contributed by atoms with Crippen LogP contribution in [-0.4, -0.2) is 12.1 Å². The molecule has 0 bridgehead atoms. The average Bonchev–Trinajstić information content (AvgIpc) is 3.04. The topological polar surface area (TPSA) is 71.9 Å². The third-order valence-corrected chi connectivity index (χ3v) is 5.28. The second-order valence-corrected chi connectivity index (χ2v) is 6.79. The molecule has 0 unspecified atom stereocenters. The Morgan fingerprint density at radius 2 is 1.77 bits per heavy atom. The van der Waals surface area contributed by atoms with Crippen molar-refractivity contribution >= 4 is 27.2 Å². The fourth-order valence-corrected chi connectivity index (χ4v) is 3.88. The van der Waals surface area contributed by atoms with E-state index in [4.69, 9.17) is 15.5 Å². The molecule has 4 rings (SSSR count). The van der Waals surface area contributed by atoms with Crippen molar-refractivity contribution in [3.05, 3.63) is 65.5 Å². The van der Waals surface area contributed by atoms with Crippen LogP contribution in [-0.2, 0) is 0 Å². The molecule has 0 saturated carbocycles. The van der Waals surface area contributed by atoms with Crippen LogP contribution < -0.4 is 10.5 Å². The summed E-state index contributed by atoms with van der Waals surface area (Å²) in [6, 6.07) is 22.0. The summed E-state index contributed by atoms with van der Waals surface area (Å²) in [6.45, 7) is 0.